The van der Waals surface area contributed by atoms with Gasteiger partial charge >= 0.3 is 6.09 Å². The molecule has 1 unspecified atom stereocenters. The number of fused-ring (bicyclic) bond motifs is 1. The van der Waals surface area contributed by atoms with Crippen LogP contribution in [0.25, 0.3) is 0 Å². The van der Waals surface area contributed by atoms with Gasteiger partial charge in [0.15, 0.2) is 5.82 Å². The summed E-state index contributed by atoms with van der Waals surface area (Å²) < 4.78 is 5.41. The second kappa shape index (κ2) is 10.3. The first kappa shape index (κ1) is 25.1. The van der Waals surface area contributed by atoms with E-state index in [9.17, 15) is 19.2 Å². The first-order valence-electron chi connectivity index (χ1n) is 11.8. The van der Waals surface area contributed by atoms with E-state index in [0.29, 0.717) is 37.3 Å². The van der Waals surface area contributed by atoms with Crippen LogP contribution in [0.3, 0.4) is 0 Å². The number of nitrogens with zero attached hydrogens (tertiary/aromatic N) is 5. The van der Waals surface area contributed by atoms with Gasteiger partial charge in [-0.05, 0) is 45.2 Å². The third-order valence-electron chi connectivity index (χ3n) is 5.95. The maximum absolute atomic E-state index is 13.3. The van der Waals surface area contributed by atoms with Crippen LogP contribution in [0.5, 0.6) is 0 Å². The van der Waals surface area contributed by atoms with Gasteiger partial charge in [0.05, 0.1) is 13.1 Å². The van der Waals surface area contributed by atoms with Gasteiger partial charge in [0.25, 0.3) is 0 Å². The Morgan fingerprint density at radius 2 is 1.86 bits per heavy atom. The van der Waals surface area contributed by atoms with Crippen LogP contribution in [0.1, 0.15) is 45.0 Å². The topological polar surface area (TPSA) is 163 Å². The Balaban J connectivity index is 1.40. The molecule has 0 bridgehead atoms. The van der Waals surface area contributed by atoms with Gasteiger partial charge in [-0.15, -0.1) is 10.2 Å². The van der Waals surface area contributed by atoms with Gasteiger partial charge < -0.3 is 15.4 Å². The summed E-state index contributed by atoms with van der Waals surface area (Å²) in [4.78, 5) is 54.4. The van der Waals surface area contributed by atoms with Crippen molar-refractivity contribution in [2.24, 2.45) is 0 Å². The number of rotatable bonds is 6. The number of anilines is 1. The summed E-state index contributed by atoms with van der Waals surface area (Å²) in [6, 6.07) is 5.75. The van der Waals surface area contributed by atoms with Gasteiger partial charge in [-0.2, -0.15) is 5.21 Å². The van der Waals surface area contributed by atoms with E-state index < -0.39 is 35.6 Å². The maximum atomic E-state index is 13.3. The average Bonchev–Trinajstić information content (AvgIpc) is 3.58. The van der Waals surface area contributed by atoms with Crippen molar-refractivity contribution in [3.63, 3.8) is 0 Å². The minimum Gasteiger partial charge on any atom is -0.444 e. The van der Waals surface area contributed by atoms with Gasteiger partial charge in [0.2, 0.25) is 17.7 Å². The molecular weight excluding hydrogens is 468 g/mol. The van der Waals surface area contributed by atoms with Crippen molar-refractivity contribution in [3.05, 3.63) is 35.7 Å². The Morgan fingerprint density at radius 3 is 2.58 bits per heavy atom. The molecule has 2 aliphatic heterocycles. The van der Waals surface area contributed by atoms with Crippen molar-refractivity contribution in [1.82, 2.24) is 36.2 Å². The summed E-state index contributed by atoms with van der Waals surface area (Å²) in [5, 5.41) is 18.8. The number of benzene rings is 1. The van der Waals surface area contributed by atoms with E-state index in [0.717, 1.165) is 5.56 Å². The molecule has 0 spiro atoms. The fraction of sp³-hybridized carbons (Fsp3) is 0.522. The van der Waals surface area contributed by atoms with Crippen LogP contribution >= 0.6 is 0 Å². The highest BCUT2D eigenvalue weighted by Crippen LogP contribution is 2.32. The summed E-state index contributed by atoms with van der Waals surface area (Å²) in [7, 11) is 0. The van der Waals surface area contributed by atoms with Crippen LogP contribution in [0.4, 0.5) is 10.5 Å². The van der Waals surface area contributed by atoms with Crippen LogP contribution in [0, 0.1) is 0 Å². The number of aromatic nitrogens is 4. The largest absolute Gasteiger partial charge is 0.444 e. The molecule has 192 valence electrons. The van der Waals surface area contributed by atoms with E-state index in [-0.39, 0.29) is 19.0 Å². The Morgan fingerprint density at radius 1 is 1.11 bits per heavy atom. The van der Waals surface area contributed by atoms with Crippen molar-refractivity contribution in [1.29, 1.82) is 0 Å². The van der Waals surface area contributed by atoms with Gasteiger partial charge in [0, 0.05) is 18.7 Å². The van der Waals surface area contributed by atoms with Crippen LogP contribution in [-0.2, 0) is 32.1 Å². The molecule has 0 saturated carbocycles. The highest BCUT2D eigenvalue weighted by atomic mass is 16.6. The second-order valence-corrected chi connectivity index (χ2v) is 9.71. The highest BCUT2D eigenvalue weighted by molar-refractivity contribution is 6.05. The molecule has 36 heavy (non-hydrogen) atoms. The van der Waals surface area contributed by atoms with Crippen molar-refractivity contribution >= 4 is 29.5 Å². The highest BCUT2D eigenvalue weighted by Gasteiger charge is 2.40. The lowest BCUT2D eigenvalue weighted by molar-refractivity contribution is -0.129. The minimum atomic E-state index is -0.788. The van der Waals surface area contributed by atoms with Crippen molar-refractivity contribution in [3.8, 4) is 0 Å². The summed E-state index contributed by atoms with van der Waals surface area (Å²) >= 11 is 0. The number of ether oxygens (including phenoxy) is 1. The first-order valence-corrected chi connectivity index (χ1v) is 11.8. The average molecular weight is 499 g/mol. The molecule has 3 N–H and O–H groups in total. The molecule has 1 saturated heterocycles. The molecule has 4 rings (SSSR count). The van der Waals surface area contributed by atoms with Gasteiger partial charge in [0.1, 0.15) is 17.7 Å². The van der Waals surface area contributed by atoms with Crippen molar-refractivity contribution in [2.45, 2.75) is 64.3 Å². The maximum Gasteiger partial charge on any atom is 0.410 e. The Hall–Kier alpha value is -4.03. The molecule has 2 atom stereocenters. The number of nitrogens with one attached hydrogen (secondary N) is 3. The molecule has 0 radical (unpaired) electrons. The van der Waals surface area contributed by atoms with Gasteiger partial charge in [-0.3, -0.25) is 24.2 Å². The van der Waals surface area contributed by atoms with Crippen molar-refractivity contribution in [2.75, 3.05) is 18.0 Å². The van der Waals surface area contributed by atoms with E-state index in [4.69, 9.17) is 4.74 Å². The van der Waals surface area contributed by atoms with Crippen LogP contribution in [0.15, 0.2) is 24.3 Å². The molecule has 2 aliphatic rings. The monoisotopic (exact) mass is 498 g/mol. The predicted octanol–water partition coefficient (Wildman–Crippen LogP) is 0.290. The van der Waals surface area contributed by atoms with E-state index in [1.807, 2.05) is 12.1 Å². The molecule has 1 fully saturated rings. The molecular formula is C23H30N8O5. The molecule has 1 aromatic heterocycles. The number of carbonyl (C=O) groups excluding carboxylic acids is 4. The van der Waals surface area contributed by atoms with E-state index >= 15 is 0 Å². The lowest BCUT2D eigenvalue weighted by Gasteiger charge is -2.28. The van der Waals surface area contributed by atoms with E-state index in [2.05, 4.69) is 31.3 Å². The summed E-state index contributed by atoms with van der Waals surface area (Å²) in [5.41, 5.74) is 0.788. The smallest absolute Gasteiger partial charge is 0.410 e. The van der Waals surface area contributed by atoms with Crippen molar-refractivity contribution < 1.29 is 23.9 Å². The zero-order valence-electron chi connectivity index (χ0n) is 20.5. The fourth-order valence-electron chi connectivity index (χ4n) is 4.39. The number of aromatic amines is 1. The molecule has 3 heterocycles. The van der Waals surface area contributed by atoms with Crippen LogP contribution < -0.4 is 15.5 Å². The minimum absolute atomic E-state index is 0.0587. The molecule has 2 aromatic rings. The van der Waals surface area contributed by atoms with Gasteiger partial charge in [-0.25, -0.2) is 4.79 Å². The fourth-order valence-corrected chi connectivity index (χ4v) is 4.39. The Labute approximate surface area is 207 Å². The lowest BCUT2D eigenvalue weighted by atomic mass is 10.1. The number of hydrogen-bond donors (Lipinski definition) is 3. The Bertz CT molecular complexity index is 1130. The zero-order valence-corrected chi connectivity index (χ0v) is 20.5. The third kappa shape index (κ3) is 5.61. The first-order chi connectivity index (χ1) is 17.1. The standard InChI is InChI=1S/C23H30N8O5/c1-23(2,3)36-22(35)30-10-6-9-16(30)20(33)25-13-19(32)31-15-8-5-4-7-14(15)11-17(31)21(34)24-12-18-26-28-29-27-18/h4-5,7-8,16-17H,6,9-13H2,1-3H3,(H,24,34)(H,25,33)(H,26,27,28,29)/t16?,17-/m0/s1. The lowest BCUT2D eigenvalue weighted by Crippen LogP contribution is -2.53. The zero-order chi connectivity index (χ0) is 25.9. The second-order valence-electron chi connectivity index (χ2n) is 9.71. The normalized spacial score (nSPS) is 19.1. The molecule has 4 amide bonds. The molecule has 1 aromatic carbocycles. The van der Waals surface area contributed by atoms with Gasteiger partial charge in [-0.1, -0.05) is 23.4 Å². The Kier molecular flexibility index (Phi) is 7.17. The summed E-state index contributed by atoms with van der Waals surface area (Å²) in [5.74, 6) is -0.926. The van der Waals surface area contributed by atoms with Crippen LogP contribution in [-0.4, -0.2) is 80.1 Å². The SMILES string of the molecule is CC(C)(C)OC(=O)N1CCCC1C(=O)NCC(=O)N1c2ccccc2C[C@H]1C(=O)NCc1nn[nH]n1. The number of para-hydroxylation sites is 1. The third-order valence-corrected chi connectivity index (χ3v) is 5.95. The number of amides is 4. The predicted molar refractivity (Wildman–Crippen MR) is 126 cm³/mol. The molecule has 0 aliphatic carbocycles. The summed E-state index contributed by atoms with van der Waals surface area (Å²) in [6.45, 7) is 5.43. The number of carbonyl (C=O) groups is 4. The van der Waals surface area contributed by atoms with Crippen LogP contribution in [0.2, 0.25) is 0 Å². The summed E-state index contributed by atoms with van der Waals surface area (Å²) in [6.07, 6.45) is 0.918. The van der Waals surface area contributed by atoms with E-state index in [1.54, 1.807) is 32.9 Å². The molecule has 13 nitrogen and oxygen atoms in total. The number of hydrogen-bond acceptors (Lipinski definition) is 8. The number of H-pyrrole nitrogens is 1. The number of likely N-dealkylation sites (tertiary alicyclic amines) is 1. The number of tetrazole rings is 1. The quantitative estimate of drug-likeness (QED) is 0.512. The van der Waals surface area contributed by atoms with E-state index in [1.165, 1.54) is 9.80 Å². The molecule has 13 heteroatoms.